The summed E-state index contributed by atoms with van der Waals surface area (Å²) < 4.78 is 25.2. The summed E-state index contributed by atoms with van der Waals surface area (Å²) in [5.41, 5.74) is 1.72. The van der Waals surface area contributed by atoms with Crippen LogP contribution in [0.3, 0.4) is 0 Å². The number of nitrogens with zero attached hydrogens (tertiary/aromatic N) is 2. The molecular formula is C21H29N3O3S2. The van der Waals surface area contributed by atoms with Gasteiger partial charge in [0.1, 0.15) is 0 Å². The van der Waals surface area contributed by atoms with Gasteiger partial charge in [0.05, 0.1) is 5.75 Å². The first-order valence-electron chi connectivity index (χ1n) is 10.3. The van der Waals surface area contributed by atoms with Gasteiger partial charge < -0.3 is 5.32 Å². The molecular weight excluding hydrogens is 406 g/mol. The van der Waals surface area contributed by atoms with Gasteiger partial charge in [-0.15, -0.1) is 10.2 Å². The minimum Gasteiger partial charge on any atom is -0.300 e. The van der Waals surface area contributed by atoms with Gasteiger partial charge in [0, 0.05) is 5.92 Å². The SMILES string of the molecule is CCCCC1CCC(C(=O)Nc2nnc(S(=O)(=O)Cc3cccc(C)c3)s2)CC1. The predicted octanol–water partition coefficient (Wildman–Crippen LogP) is 4.76. The molecule has 29 heavy (non-hydrogen) atoms. The van der Waals surface area contributed by atoms with Gasteiger partial charge in [0.15, 0.2) is 0 Å². The van der Waals surface area contributed by atoms with Gasteiger partial charge in [-0.1, -0.05) is 67.4 Å². The Bertz CT molecular complexity index is 932. The summed E-state index contributed by atoms with van der Waals surface area (Å²) in [7, 11) is -3.59. The van der Waals surface area contributed by atoms with Crippen LogP contribution in [0, 0.1) is 18.8 Å². The third-order valence-electron chi connectivity index (χ3n) is 5.53. The van der Waals surface area contributed by atoms with E-state index in [1.54, 1.807) is 6.07 Å². The number of carbonyl (C=O) groups is 1. The standard InChI is InChI=1S/C21H29N3O3S2/c1-3-4-7-16-9-11-18(12-10-16)19(25)22-20-23-24-21(28-20)29(26,27)14-17-8-5-6-15(2)13-17/h5-6,8,13,16,18H,3-4,7,9-12,14H2,1-2H3,(H,22,23,25). The molecule has 0 aliphatic heterocycles. The van der Waals surface area contributed by atoms with Gasteiger partial charge in [-0.05, 0) is 44.1 Å². The third-order valence-corrected chi connectivity index (χ3v) is 8.50. The van der Waals surface area contributed by atoms with Gasteiger partial charge in [0.2, 0.25) is 25.2 Å². The van der Waals surface area contributed by atoms with Gasteiger partial charge in [-0.2, -0.15) is 0 Å². The van der Waals surface area contributed by atoms with Crippen molar-refractivity contribution in [3.8, 4) is 0 Å². The molecule has 0 bridgehead atoms. The Labute approximate surface area is 177 Å². The van der Waals surface area contributed by atoms with Crippen LogP contribution in [0.1, 0.15) is 63.0 Å². The van der Waals surface area contributed by atoms with Crippen molar-refractivity contribution >= 4 is 32.2 Å². The van der Waals surface area contributed by atoms with E-state index in [0.29, 0.717) is 5.56 Å². The Morgan fingerprint density at radius 2 is 1.97 bits per heavy atom. The molecule has 1 fully saturated rings. The zero-order chi connectivity index (χ0) is 20.9. The minimum absolute atomic E-state index is 0.0240. The van der Waals surface area contributed by atoms with E-state index >= 15 is 0 Å². The largest absolute Gasteiger partial charge is 0.300 e. The van der Waals surface area contributed by atoms with E-state index in [9.17, 15) is 13.2 Å². The molecule has 8 heteroatoms. The van der Waals surface area contributed by atoms with Crippen molar-refractivity contribution in [3.63, 3.8) is 0 Å². The van der Waals surface area contributed by atoms with Crippen molar-refractivity contribution in [3.05, 3.63) is 35.4 Å². The second-order valence-corrected chi connectivity index (χ2v) is 11.1. The van der Waals surface area contributed by atoms with Crippen LogP contribution >= 0.6 is 11.3 Å². The quantitative estimate of drug-likeness (QED) is 0.604. The maximum Gasteiger partial charge on any atom is 0.234 e. The van der Waals surface area contributed by atoms with E-state index in [1.807, 2.05) is 25.1 Å². The van der Waals surface area contributed by atoms with Crippen LogP contribution in [0.2, 0.25) is 0 Å². The molecule has 3 rings (SSSR count). The highest BCUT2D eigenvalue weighted by atomic mass is 32.2. The molecule has 0 unspecified atom stereocenters. The number of carbonyl (C=O) groups excluding carboxylic acids is 1. The van der Waals surface area contributed by atoms with Crippen LogP contribution in [0.25, 0.3) is 0 Å². The van der Waals surface area contributed by atoms with E-state index in [2.05, 4.69) is 22.4 Å². The Morgan fingerprint density at radius 1 is 1.21 bits per heavy atom. The summed E-state index contributed by atoms with van der Waals surface area (Å²) in [6.07, 6.45) is 7.67. The summed E-state index contributed by atoms with van der Waals surface area (Å²) >= 11 is 0.925. The highest BCUT2D eigenvalue weighted by Gasteiger charge is 2.27. The second kappa shape index (κ2) is 9.80. The molecule has 1 aromatic carbocycles. The molecule has 1 amide bonds. The highest BCUT2D eigenvalue weighted by Crippen LogP contribution is 2.33. The summed E-state index contributed by atoms with van der Waals surface area (Å²) in [5.74, 6) is 0.514. The topological polar surface area (TPSA) is 89.0 Å². The fourth-order valence-corrected chi connectivity index (χ4v) is 6.19. The summed E-state index contributed by atoms with van der Waals surface area (Å²) in [5, 5.41) is 10.7. The molecule has 1 N–H and O–H groups in total. The Kier molecular flexibility index (Phi) is 7.40. The number of amides is 1. The number of rotatable bonds is 8. The number of hydrogen-bond acceptors (Lipinski definition) is 6. The number of anilines is 1. The van der Waals surface area contributed by atoms with Gasteiger partial charge in [-0.3, -0.25) is 4.79 Å². The molecule has 6 nitrogen and oxygen atoms in total. The first-order valence-corrected chi connectivity index (χ1v) is 12.8. The number of aryl methyl sites for hydroxylation is 1. The number of benzene rings is 1. The lowest BCUT2D eigenvalue weighted by molar-refractivity contribution is -0.121. The average Bonchev–Trinajstić information content (AvgIpc) is 3.16. The monoisotopic (exact) mass is 435 g/mol. The first-order chi connectivity index (χ1) is 13.9. The number of sulfone groups is 1. The average molecular weight is 436 g/mol. The maximum atomic E-state index is 12.6. The maximum absolute atomic E-state index is 12.6. The van der Waals surface area contributed by atoms with E-state index < -0.39 is 9.84 Å². The minimum atomic E-state index is -3.59. The number of nitrogens with one attached hydrogen (secondary N) is 1. The third kappa shape index (κ3) is 6.09. The second-order valence-electron chi connectivity index (χ2n) is 7.97. The molecule has 1 aromatic heterocycles. The van der Waals surface area contributed by atoms with E-state index in [1.165, 1.54) is 19.3 Å². The smallest absolute Gasteiger partial charge is 0.234 e. The molecule has 0 spiro atoms. The van der Waals surface area contributed by atoms with E-state index in [4.69, 9.17) is 0 Å². The van der Waals surface area contributed by atoms with Gasteiger partial charge in [-0.25, -0.2) is 8.42 Å². The molecule has 0 radical (unpaired) electrons. The first kappa shape index (κ1) is 21.9. The summed E-state index contributed by atoms with van der Waals surface area (Å²) in [6.45, 7) is 4.13. The Morgan fingerprint density at radius 3 is 2.66 bits per heavy atom. The molecule has 2 aromatic rings. The van der Waals surface area contributed by atoms with E-state index in [0.717, 1.165) is 48.5 Å². The molecule has 158 valence electrons. The van der Waals surface area contributed by atoms with Crippen LogP contribution in [0.4, 0.5) is 5.13 Å². The van der Waals surface area contributed by atoms with Crippen molar-refractivity contribution in [1.29, 1.82) is 0 Å². The lowest BCUT2D eigenvalue weighted by atomic mass is 9.79. The fourth-order valence-electron chi connectivity index (χ4n) is 3.88. The zero-order valence-electron chi connectivity index (χ0n) is 17.1. The summed E-state index contributed by atoms with van der Waals surface area (Å²) in [4.78, 5) is 12.6. The van der Waals surface area contributed by atoms with Crippen molar-refractivity contribution in [2.45, 2.75) is 68.9 Å². The van der Waals surface area contributed by atoms with Crippen LogP contribution in [-0.2, 0) is 20.4 Å². The number of unbranched alkanes of at least 4 members (excludes halogenated alkanes) is 1. The highest BCUT2D eigenvalue weighted by molar-refractivity contribution is 7.92. The van der Waals surface area contributed by atoms with Crippen LogP contribution in [0.5, 0.6) is 0 Å². The summed E-state index contributed by atoms with van der Waals surface area (Å²) in [6, 6.07) is 7.39. The molecule has 1 saturated carbocycles. The zero-order valence-corrected chi connectivity index (χ0v) is 18.7. The molecule has 0 saturated heterocycles. The van der Waals surface area contributed by atoms with Crippen molar-refractivity contribution in [1.82, 2.24) is 10.2 Å². The molecule has 1 heterocycles. The molecule has 1 aliphatic carbocycles. The van der Waals surface area contributed by atoms with Crippen LogP contribution in [0.15, 0.2) is 28.6 Å². The lowest BCUT2D eigenvalue weighted by Crippen LogP contribution is -2.27. The Hall–Kier alpha value is -1.80. The van der Waals surface area contributed by atoms with E-state index in [-0.39, 0.29) is 27.0 Å². The lowest BCUT2D eigenvalue weighted by Gasteiger charge is -2.27. The van der Waals surface area contributed by atoms with Crippen molar-refractivity contribution in [2.24, 2.45) is 11.8 Å². The van der Waals surface area contributed by atoms with Gasteiger partial charge >= 0.3 is 0 Å². The predicted molar refractivity (Wildman–Crippen MR) is 116 cm³/mol. The van der Waals surface area contributed by atoms with Gasteiger partial charge in [0.25, 0.3) is 0 Å². The van der Waals surface area contributed by atoms with Crippen molar-refractivity contribution < 1.29 is 13.2 Å². The molecule has 0 atom stereocenters. The number of aromatic nitrogens is 2. The van der Waals surface area contributed by atoms with Crippen molar-refractivity contribution in [2.75, 3.05) is 5.32 Å². The Balaban J connectivity index is 1.56. The normalized spacial score (nSPS) is 19.8. The fraction of sp³-hybridized carbons (Fsp3) is 0.571. The number of hydrogen-bond donors (Lipinski definition) is 1. The molecule has 1 aliphatic rings. The van der Waals surface area contributed by atoms with Crippen LogP contribution in [-0.4, -0.2) is 24.5 Å². The van der Waals surface area contributed by atoms with Crippen LogP contribution < -0.4 is 5.32 Å².